The topological polar surface area (TPSA) is 64.7 Å². The van der Waals surface area contributed by atoms with E-state index in [4.69, 9.17) is 0 Å². The fourth-order valence-electron chi connectivity index (χ4n) is 4.62. The van der Waals surface area contributed by atoms with E-state index in [2.05, 4.69) is 57.8 Å². The summed E-state index contributed by atoms with van der Waals surface area (Å²) in [5.41, 5.74) is 3.27. The molecule has 36 heavy (non-hydrogen) atoms. The molecule has 0 spiro atoms. The SMILES string of the molecule is CC(C)C(NC(=O)Cc1ccc2ccccc2c1)C(=O)NCc1ccc(CN2CCN(C)CC2)cc1. The van der Waals surface area contributed by atoms with Gasteiger partial charge in [0.2, 0.25) is 11.8 Å². The van der Waals surface area contributed by atoms with Crippen molar-refractivity contribution >= 4 is 22.6 Å². The van der Waals surface area contributed by atoms with Crippen LogP contribution in [0.25, 0.3) is 10.8 Å². The van der Waals surface area contributed by atoms with Gasteiger partial charge in [-0.25, -0.2) is 0 Å². The van der Waals surface area contributed by atoms with Gasteiger partial charge >= 0.3 is 0 Å². The molecule has 6 nitrogen and oxygen atoms in total. The van der Waals surface area contributed by atoms with Crippen LogP contribution in [0.4, 0.5) is 0 Å². The zero-order chi connectivity index (χ0) is 25.5. The lowest BCUT2D eigenvalue weighted by Crippen LogP contribution is -2.49. The molecule has 3 aromatic rings. The molecule has 1 heterocycles. The van der Waals surface area contributed by atoms with Crippen molar-refractivity contribution in [2.45, 2.75) is 39.4 Å². The summed E-state index contributed by atoms with van der Waals surface area (Å²) in [7, 11) is 2.17. The Kier molecular flexibility index (Phi) is 8.73. The summed E-state index contributed by atoms with van der Waals surface area (Å²) < 4.78 is 0. The standard InChI is InChI=1S/C30H38N4O2/c1-22(2)29(32-28(35)19-25-12-13-26-6-4-5-7-27(26)18-25)30(36)31-20-23-8-10-24(11-9-23)21-34-16-14-33(3)15-17-34/h4-13,18,22,29H,14-17,19-21H2,1-3H3,(H,31,36)(H,32,35). The first-order chi connectivity index (χ1) is 17.4. The van der Waals surface area contributed by atoms with Gasteiger partial charge in [-0.05, 0) is 40.4 Å². The molecule has 1 fully saturated rings. The summed E-state index contributed by atoms with van der Waals surface area (Å²) in [6, 6.07) is 22.0. The van der Waals surface area contributed by atoms with Gasteiger partial charge in [0.25, 0.3) is 0 Å². The Balaban J connectivity index is 1.27. The maximum Gasteiger partial charge on any atom is 0.243 e. The fraction of sp³-hybridized carbons (Fsp3) is 0.400. The number of amides is 2. The first-order valence-electron chi connectivity index (χ1n) is 12.9. The average molecular weight is 487 g/mol. The van der Waals surface area contributed by atoms with E-state index in [1.807, 2.05) is 50.2 Å². The third-order valence-electron chi connectivity index (χ3n) is 6.94. The lowest BCUT2D eigenvalue weighted by molar-refractivity contribution is -0.129. The number of likely N-dealkylation sites (N-methyl/N-ethyl adjacent to an activating group) is 1. The molecule has 1 aliphatic rings. The van der Waals surface area contributed by atoms with E-state index < -0.39 is 6.04 Å². The summed E-state index contributed by atoms with van der Waals surface area (Å²) in [6.07, 6.45) is 0.246. The molecule has 0 aliphatic carbocycles. The number of carbonyl (C=O) groups excluding carboxylic acids is 2. The number of carbonyl (C=O) groups is 2. The zero-order valence-corrected chi connectivity index (χ0v) is 21.7. The van der Waals surface area contributed by atoms with Gasteiger partial charge in [0.15, 0.2) is 0 Å². The van der Waals surface area contributed by atoms with Gasteiger partial charge in [-0.3, -0.25) is 14.5 Å². The van der Waals surface area contributed by atoms with Crippen LogP contribution in [0, 0.1) is 5.92 Å². The second-order valence-corrected chi connectivity index (χ2v) is 10.3. The number of rotatable bonds is 9. The largest absolute Gasteiger partial charge is 0.350 e. The highest BCUT2D eigenvalue weighted by Gasteiger charge is 2.24. The van der Waals surface area contributed by atoms with E-state index in [0.717, 1.165) is 54.6 Å². The van der Waals surface area contributed by atoms with Crippen LogP contribution in [0.1, 0.15) is 30.5 Å². The molecule has 1 aliphatic heterocycles. The van der Waals surface area contributed by atoms with E-state index in [1.54, 1.807) is 0 Å². The lowest BCUT2D eigenvalue weighted by Gasteiger charge is -2.32. The van der Waals surface area contributed by atoms with E-state index >= 15 is 0 Å². The van der Waals surface area contributed by atoms with Gasteiger partial charge in [0.1, 0.15) is 6.04 Å². The van der Waals surface area contributed by atoms with Crippen molar-refractivity contribution < 1.29 is 9.59 Å². The number of nitrogens with zero attached hydrogens (tertiary/aromatic N) is 2. The molecule has 1 atom stereocenters. The summed E-state index contributed by atoms with van der Waals surface area (Å²) in [6.45, 7) is 9.72. The maximum atomic E-state index is 12.9. The third kappa shape index (κ3) is 7.15. The minimum absolute atomic E-state index is 0.0171. The Morgan fingerprint density at radius 1 is 0.833 bits per heavy atom. The predicted molar refractivity (Wildman–Crippen MR) is 145 cm³/mol. The quantitative estimate of drug-likeness (QED) is 0.485. The van der Waals surface area contributed by atoms with Crippen molar-refractivity contribution in [2.24, 2.45) is 5.92 Å². The molecule has 0 radical (unpaired) electrons. The highest BCUT2D eigenvalue weighted by molar-refractivity contribution is 5.89. The molecule has 2 N–H and O–H groups in total. The molecule has 2 amide bonds. The van der Waals surface area contributed by atoms with Crippen molar-refractivity contribution in [3.63, 3.8) is 0 Å². The number of hydrogen-bond donors (Lipinski definition) is 2. The Bertz CT molecular complexity index is 1170. The van der Waals surface area contributed by atoms with Crippen molar-refractivity contribution in [3.8, 4) is 0 Å². The van der Waals surface area contributed by atoms with Crippen molar-refractivity contribution in [2.75, 3.05) is 33.2 Å². The third-order valence-corrected chi connectivity index (χ3v) is 6.94. The Morgan fingerprint density at radius 2 is 1.47 bits per heavy atom. The van der Waals surface area contributed by atoms with Crippen LogP contribution in [-0.4, -0.2) is 60.9 Å². The zero-order valence-electron chi connectivity index (χ0n) is 21.7. The maximum absolute atomic E-state index is 12.9. The number of fused-ring (bicyclic) bond motifs is 1. The summed E-state index contributed by atoms with van der Waals surface area (Å²) in [5, 5.41) is 8.21. The highest BCUT2D eigenvalue weighted by Crippen LogP contribution is 2.16. The van der Waals surface area contributed by atoms with Gasteiger partial charge in [0, 0.05) is 39.3 Å². The second kappa shape index (κ2) is 12.2. The molecule has 6 heteroatoms. The van der Waals surface area contributed by atoms with Crippen molar-refractivity contribution in [3.05, 3.63) is 83.4 Å². The number of benzene rings is 3. The van der Waals surface area contributed by atoms with Crippen LogP contribution in [0.15, 0.2) is 66.7 Å². The van der Waals surface area contributed by atoms with Crippen molar-refractivity contribution in [1.29, 1.82) is 0 Å². The molecule has 190 valence electrons. The Labute approximate surface area is 214 Å². The minimum Gasteiger partial charge on any atom is -0.350 e. The molecular formula is C30H38N4O2. The average Bonchev–Trinajstić information content (AvgIpc) is 2.88. The van der Waals surface area contributed by atoms with Crippen LogP contribution in [0.5, 0.6) is 0 Å². The number of piperazine rings is 1. The smallest absolute Gasteiger partial charge is 0.243 e. The van der Waals surface area contributed by atoms with Gasteiger partial charge in [0.05, 0.1) is 6.42 Å². The fourth-order valence-corrected chi connectivity index (χ4v) is 4.62. The van der Waals surface area contributed by atoms with Crippen LogP contribution in [0.3, 0.4) is 0 Å². The van der Waals surface area contributed by atoms with Gasteiger partial charge < -0.3 is 15.5 Å². The predicted octanol–water partition coefficient (Wildman–Crippen LogP) is 3.59. The summed E-state index contributed by atoms with van der Waals surface area (Å²) in [5.74, 6) is -0.317. The lowest BCUT2D eigenvalue weighted by atomic mass is 10.0. The van der Waals surface area contributed by atoms with Crippen molar-refractivity contribution in [1.82, 2.24) is 20.4 Å². The van der Waals surface area contributed by atoms with Gasteiger partial charge in [-0.1, -0.05) is 80.6 Å². The molecule has 1 saturated heterocycles. The molecule has 3 aromatic carbocycles. The molecule has 1 unspecified atom stereocenters. The monoisotopic (exact) mass is 486 g/mol. The number of nitrogens with one attached hydrogen (secondary N) is 2. The Morgan fingerprint density at radius 3 is 2.17 bits per heavy atom. The molecule has 0 aromatic heterocycles. The van der Waals surface area contributed by atoms with E-state index in [1.165, 1.54) is 5.56 Å². The van der Waals surface area contributed by atoms with Gasteiger partial charge in [-0.15, -0.1) is 0 Å². The highest BCUT2D eigenvalue weighted by atomic mass is 16.2. The summed E-state index contributed by atoms with van der Waals surface area (Å²) >= 11 is 0. The minimum atomic E-state index is -0.575. The first-order valence-corrected chi connectivity index (χ1v) is 12.9. The summed E-state index contributed by atoms with van der Waals surface area (Å²) in [4.78, 5) is 30.5. The first kappa shape index (κ1) is 25.9. The molecular weight excluding hydrogens is 448 g/mol. The normalized spacial score (nSPS) is 15.7. The molecule has 0 saturated carbocycles. The van der Waals surface area contributed by atoms with Crippen LogP contribution in [-0.2, 0) is 29.1 Å². The van der Waals surface area contributed by atoms with E-state index in [9.17, 15) is 9.59 Å². The Hall–Kier alpha value is -3.22. The van der Waals surface area contributed by atoms with Crippen LogP contribution in [0.2, 0.25) is 0 Å². The van der Waals surface area contributed by atoms with Crippen LogP contribution >= 0.6 is 0 Å². The molecule has 4 rings (SSSR count). The van der Waals surface area contributed by atoms with E-state index in [0.29, 0.717) is 6.54 Å². The number of hydrogen-bond acceptors (Lipinski definition) is 4. The van der Waals surface area contributed by atoms with Crippen LogP contribution < -0.4 is 10.6 Å². The van der Waals surface area contributed by atoms with Gasteiger partial charge in [-0.2, -0.15) is 0 Å². The van der Waals surface area contributed by atoms with E-state index in [-0.39, 0.29) is 24.2 Å². The molecule has 0 bridgehead atoms. The second-order valence-electron chi connectivity index (χ2n) is 10.3.